The van der Waals surface area contributed by atoms with Crippen molar-refractivity contribution in [1.82, 2.24) is 0 Å². The van der Waals surface area contributed by atoms with Crippen LogP contribution >= 0.6 is 0 Å². The smallest absolute Gasteiger partial charge is 0.458 e. The summed E-state index contributed by atoms with van der Waals surface area (Å²) in [6, 6.07) is 12.4. The largest absolute Gasteiger partial charge is 0.494 e. The number of rotatable bonds is 2. The molecular weight excluding hydrogens is 387 g/mol. The molecule has 0 aliphatic heterocycles. The summed E-state index contributed by atoms with van der Waals surface area (Å²) in [4.78, 5) is 0. The Labute approximate surface area is 164 Å². The van der Waals surface area contributed by atoms with Gasteiger partial charge < -0.3 is 4.74 Å². The Hall–Kier alpha value is -3.51. The summed E-state index contributed by atoms with van der Waals surface area (Å²) in [6.45, 7) is 2.43. The molecule has 29 heavy (non-hydrogen) atoms. The first-order chi connectivity index (χ1) is 13.8. The molecule has 0 heterocycles. The summed E-state index contributed by atoms with van der Waals surface area (Å²) < 4.78 is 70.5. The highest BCUT2D eigenvalue weighted by Gasteiger charge is 2.23. The van der Waals surface area contributed by atoms with Crippen LogP contribution in [0.1, 0.15) is 23.6 Å². The Morgan fingerprint density at radius 1 is 0.862 bits per heavy atom. The van der Waals surface area contributed by atoms with Crippen molar-refractivity contribution in [2.24, 2.45) is 0 Å². The molecule has 0 amide bonds. The third kappa shape index (κ3) is 5.06. The van der Waals surface area contributed by atoms with Gasteiger partial charge in [0.1, 0.15) is 17.4 Å². The molecule has 146 valence electrons. The van der Waals surface area contributed by atoms with Crippen LogP contribution in [0.15, 0.2) is 48.5 Å². The van der Waals surface area contributed by atoms with Crippen molar-refractivity contribution in [3.8, 4) is 29.4 Å². The molecule has 0 fully saturated rings. The molecule has 0 aromatic heterocycles. The first-order valence-corrected chi connectivity index (χ1v) is 8.53. The minimum atomic E-state index is -4.84. The quantitative estimate of drug-likeness (QED) is 0.389. The van der Waals surface area contributed by atoms with Crippen LogP contribution in [-0.2, 0) is 0 Å². The highest BCUT2D eigenvalue weighted by molar-refractivity contribution is 5.86. The summed E-state index contributed by atoms with van der Waals surface area (Å²) in [5.41, 5.74) is 0.311. The number of hydrogen-bond acceptors (Lipinski definition) is 1. The van der Waals surface area contributed by atoms with Gasteiger partial charge in [-0.15, -0.1) is 0 Å². The van der Waals surface area contributed by atoms with Gasteiger partial charge in [0.2, 0.25) is 0 Å². The average Bonchev–Trinajstić information content (AvgIpc) is 2.66. The monoisotopic (exact) mass is 400 g/mol. The van der Waals surface area contributed by atoms with Crippen molar-refractivity contribution in [2.45, 2.75) is 13.1 Å². The van der Waals surface area contributed by atoms with Crippen LogP contribution < -0.4 is 4.74 Å². The SMILES string of the molecule is CCOc1ccc(C#Cc2ccc3c(F)c(C#CC(F)(F)F)c(F)cc3c2)cc1. The Balaban J connectivity index is 1.94. The van der Waals surface area contributed by atoms with Crippen molar-refractivity contribution in [3.63, 3.8) is 0 Å². The highest BCUT2D eigenvalue weighted by Crippen LogP contribution is 2.25. The number of fused-ring (bicyclic) bond motifs is 1. The molecule has 6 heteroatoms. The maximum absolute atomic E-state index is 14.4. The lowest BCUT2D eigenvalue weighted by atomic mass is 10.0. The second kappa shape index (κ2) is 8.24. The Morgan fingerprint density at radius 2 is 1.52 bits per heavy atom. The predicted molar refractivity (Wildman–Crippen MR) is 100 cm³/mol. The minimum Gasteiger partial charge on any atom is -0.494 e. The van der Waals surface area contributed by atoms with Gasteiger partial charge in [0, 0.05) is 22.4 Å². The molecule has 3 aromatic carbocycles. The zero-order valence-electron chi connectivity index (χ0n) is 15.1. The standard InChI is InChI=1S/C23H13F5O/c1-2-29-18-8-5-15(6-9-18)3-4-16-7-10-19-17(13-16)14-21(24)20(22(19)25)11-12-23(26,27)28/h5-10,13-14H,2H2,1H3. The van der Waals surface area contributed by atoms with Gasteiger partial charge in [-0.25, -0.2) is 8.78 Å². The number of alkyl halides is 3. The van der Waals surface area contributed by atoms with E-state index < -0.39 is 23.4 Å². The second-order valence-electron chi connectivity index (χ2n) is 5.94. The zero-order valence-corrected chi connectivity index (χ0v) is 15.1. The molecule has 0 spiro atoms. The third-order valence-electron chi connectivity index (χ3n) is 3.87. The van der Waals surface area contributed by atoms with Crippen LogP contribution in [0.25, 0.3) is 10.8 Å². The molecule has 0 atom stereocenters. The number of halogens is 5. The Morgan fingerprint density at radius 3 is 2.17 bits per heavy atom. The maximum atomic E-state index is 14.4. The van der Waals surface area contributed by atoms with E-state index in [-0.39, 0.29) is 10.8 Å². The fraction of sp³-hybridized carbons (Fsp3) is 0.130. The van der Waals surface area contributed by atoms with Gasteiger partial charge in [-0.05, 0) is 54.8 Å². The molecule has 0 aliphatic rings. The normalized spacial score (nSPS) is 10.7. The van der Waals surface area contributed by atoms with E-state index >= 15 is 0 Å². The molecular formula is C23H13F5O. The van der Waals surface area contributed by atoms with Gasteiger partial charge in [-0.2, -0.15) is 13.2 Å². The van der Waals surface area contributed by atoms with E-state index in [1.807, 2.05) is 6.92 Å². The van der Waals surface area contributed by atoms with Crippen molar-refractivity contribution in [2.75, 3.05) is 6.61 Å². The van der Waals surface area contributed by atoms with Gasteiger partial charge in [0.25, 0.3) is 0 Å². The fourth-order valence-corrected chi connectivity index (χ4v) is 2.60. The summed E-state index contributed by atoms with van der Waals surface area (Å²) in [5.74, 6) is 6.65. The number of benzene rings is 3. The molecule has 0 unspecified atom stereocenters. The molecule has 3 aromatic rings. The minimum absolute atomic E-state index is 0.0375. The van der Waals surface area contributed by atoms with Crippen LogP contribution in [0.3, 0.4) is 0 Å². The van der Waals surface area contributed by atoms with Crippen molar-refractivity contribution < 1.29 is 26.7 Å². The predicted octanol–water partition coefficient (Wildman–Crippen LogP) is 5.83. The third-order valence-corrected chi connectivity index (χ3v) is 3.87. The Bertz CT molecular complexity index is 1170. The summed E-state index contributed by atoms with van der Waals surface area (Å²) in [6.07, 6.45) is -4.84. The van der Waals surface area contributed by atoms with E-state index in [1.165, 1.54) is 24.1 Å². The van der Waals surface area contributed by atoms with E-state index in [9.17, 15) is 22.0 Å². The molecule has 3 rings (SSSR count). The van der Waals surface area contributed by atoms with E-state index in [2.05, 4.69) is 11.8 Å². The number of ether oxygens (including phenoxy) is 1. The first kappa shape index (κ1) is 20.2. The van der Waals surface area contributed by atoms with Crippen molar-refractivity contribution in [1.29, 1.82) is 0 Å². The van der Waals surface area contributed by atoms with E-state index in [0.29, 0.717) is 12.2 Å². The zero-order chi connectivity index (χ0) is 21.0. The number of hydrogen-bond donors (Lipinski definition) is 0. The van der Waals surface area contributed by atoms with Crippen LogP contribution in [0.2, 0.25) is 0 Å². The maximum Gasteiger partial charge on any atom is 0.458 e. The average molecular weight is 400 g/mol. The molecule has 0 N–H and O–H groups in total. The lowest BCUT2D eigenvalue weighted by Crippen LogP contribution is -2.02. The van der Waals surface area contributed by atoms with Gasteiger partial charge >= 0.3 is 6.18 Å². The van der Waals surface area contributed by atoms with Crippen LogP contribution in [-0.4, -0.2) is 12.8 Å². The van der Waals surface area contributed by atoms with Gasteiger partial charge in [0.05, 0.1) is 12.2 Å². The van der Waals surface area contributed by atoms with Crippen molar-refractivity contribution in [3.05, 3.63) is 76.9 Å². The summed E-state index contributed by atoms with van der Waals surface area (Å²) >= 11 is 0. The summed E-state index contributed by atoms with van der Waals surface area (Å²) in [5, 5.41) is 0.139. The van der Waals surface area contributed by atoms with E-state index in [4.69, 9.17) is 4.74 Å². The molecule has 0 radical (unpaired) electrons. The Kier molecular flexibility index (Phi) is 5.75. The fourth-order valence-electron chi connectivity index (χ4n) is 2.60. The molecule has 0 saturated carbocycles. The lowest BCUT2D eigenvalue weighted by Gasteiger charge is -2.05. The van der Waals surface area contributed by atoms with Crippen LogP contribution in [0.5, 0.6) is 5.75 Å². The van der Waals surface area contributed by atoms with Crippen LogP contribution in [0, 0.1) is 35.3 Å². The molecule has 1 nitrogen and oxygen atoms in total. The lowest BCUT2D eigenvalue weighted by molar-refractivity contribution is -0.0696. The topological polar surface area (TPSA) is 9.23 Å². The first-order valence-electron chi connectivity index (χ1n) is 8.53. The molecule has 0 bridgehead atoms. The molecule has 0 saturated heterocycles. The summed E-state index contributed by atoms with van der Waals surface area (Å²) in [7, 11) is 0. The van der Waals surface area contributed by atoms with Gasteiger partial charge in [-0.3, -0.25) is 0 Å². The second-order valence-corrected chi connectivity index (χ2v) is 5.94. The van der Waals surface area contributed by atoms with E-state index in [0.717, 1.165) is 23.3 Å². The van der Waals surface area contributed by atoms with Crippen molar-refractivity contribution >= 4 is 10.8 Å². The highest BCUT2D eigenvalue weighted by atomic mass is 19.4. The van der Waals surface area contributed by atoms with Crippen LogP contribution in [0.4, 0.5) is 22.0 Å². The van der Waals surface area contributed by atoms with E-state index in [1.54, 1.807) is 24.3 Å². The van der Waals surface area contributed by atoms with Gasteiger partial charge in [0.15, 0.2) is 0 Å². The molecule has 0 aliphatic carbocycles. The van der Waals surface area contributed by atoms with Gasteiger partial charge in [-0.1, -0.05) is 23.8 Å².